The number of carbonyl (C=O) groups is 1. The van der Waals surface area contributed by atoms with Gasteiger partial charge in [0.15, 0.2) is 5.69 Å². The second-order valence-electron chi connectivity index (χ2n) is 3.69. The first kappa shape index (κ1) is 11.8. The van der Waals surface area contributed by atoms with Crippen LogP contribution in [0.4, 0.5) is 5.69 Å². The Kier molecular flexibility index (Phi) is 3.09. The molecule has 0 aliphatic heterocycles. The molecule has 18 heavy (non-hydrogen) atoms. The molecule has 0 saturated heterocycles. The second-order valence-corrected chi connectivity index (χ2v) is 3.69. The molecule has 92 valence electrons. The maximum atomic E-state index is 11.1. The molecule has 0 atom stereocenters. The number of aromatic nitrogens is 3. The fraction of sp³-hybridized carbons (Fsp3) is 0.0833. The minimum absolute atomic E-state index is 0.0950. The van der Waals surface area contributed by atoms with E-state index in [4.69, 9.17) is 10.8 Å². The van der Waals surface area contributed by atoms with E-state index in [0.717, 1.165) is 0 Å². The van der Waals surface area contributed by atoms with Crippen molar-refractivity contribution in [3.8, 4) is 11.3 Å². The fourth-order valence-corrected chi connectivity index (χ4v) is 1.68. The smallest absolute Gasteiger partial charge is 0.358 e. The molecule has 1 aromatic carbocycles. The molecule has 6 heteroatoms. The molecule has 0 amide bonds. The van der Waals surface area contributed by atoms with Gasteiger partial charge in [0.2, 0.25) is 0 Å². The zero-order valence-electron chi connectivity index (χ0n) is 9.58. The normalized spacial score (nSPS) is 10.2. The highest BCUT2D eigenvalue weighted by Crippen LogP contribution is 2.24. The molecule has 0 unspecified atom stereocenters. The molecule has 0 aliphatic carbocycles. The highest BCUT2D eigenvalue weighted by atomic mass is 16.4. The van der Waals surface area contributed by atoms with Gasteiger partial charge in [0.25, 0.3) is 0 Å². The largest absolute Gasteiger partial charge is 0.476 e. The van der Waals surface area contributed by atoms with Crippen LogP contribution in [-0.2, 0) is 6.54 Å². The van der Waals surface area contributed by atoms with Gasteiger partial charge in [-0.3, -0.25) is 0 Å². The third-order valence-electron chi connectivity index (χ3n) is 2.40. The summed E-state index contributed by atoms with van der Waals surface area (Å²) in [4.78, 5) is 11.1. The van der Waals surface area contributed by atoms with Crippen molar-refractivity contribution in [2.24, 2.45) is 0 Å². The zero-order valence-corrected chi connectivity index (χ0v) is 9.58. The molecule has 1 heterocycles. The summed E-state index contributed by atoms with van der Waals surface area (Å²) in [5, 5.41) is 16.6. The molecule has 0 saturated carbocycles. The van der Waals surface area contributed by atoms with Gasteiger partial charge in [0.1, 0.15) is 5.69 Å². The number of hydrogen-bond acceptors (Lipinski definition) is 4. The summed E-state index contributed by atoms with van der Waals surface area (Å²) < 4.78 is 1.48. The van der Waals surface area contributed by atoms with Gasteiger partial charge < -0.3 is 10.8 Å². The summed E-state index contributed by atoms with van der Waals surface area (Å²) in [6.45, 7) is 3.98. The first-order valence-electron chi connectivity index (χ1n) is 5.27. The van der Waals surface area contributed by atoms with Gasteiger partial charge in [-0.2, -0.15) is 0 Å². The Balaban J connectivity index is 2.62. The number of hydrogen-bond donors (Lipinski definition) is 2. The molecule has 2 rings (SSSR count). The molecule has 0 radical (unpaired) electrons. The van der Waals surface area contributed by atoms with Gasteiger partial charge in [-0.1, -0.05) is 23.4 Å². The molecule has 0 bridgehead atoms. The Hall–Kier alpha value is -2.63. The summed E-state index contributed by atoms with van der Waals surface area (Å²) in [6.07, 6.45) is 1.62. The molecule has 2 aromatic rings. The number of nitrogen functional groups attached to an aromatic ring is 1. The first-order chi connectivity index (χ1) is 8.63. The minimum Gasteiger partial charge on any atom is -0.476 e. The van der Waals surface area contributed by atoms with Crippen molar-refractivity contribution in [1.82, 2.24) is 15.0 Å². The van der Waals surface area contributed by atoms with Gasteiger partial charge in [-0.25, -0.2) is 9.48 Å². The van der Waals surface area contributed by atoms with Crippen molar-refractivity contribution in [2.45, 2.75) is 6.54 Å². The predicted octanol–water partition coefficient (Wildman–Crippen LogP) is 1.41. The number of benzene rings is 1. The fourth-order valence-electron chi connectivity index (χ4n) is 1.68. The van der Waals surface area contributed by atoms with Crippen LogP contribution in [0.3, 0.4) is 0 Å². The van der Waals surface area contributed by atoms with Crippen LogP contribution >= 0.6 is 0 Å². The quantitative estimate of drug-likeness (QED) is 0.626. The minimum atomic E-state index is -1.12. The molecule has 1 aromatic heterocycles. The highest BCUT2D eigenvalue weighted by Gasteiger charge is 2.19. The van der Waals surface area contributed by atoms with Crippen LogP contribution in [0, 0.1) is 0 Å². The molecular formula is C12H12N4O2. The summed E-state index contributed by atoms with van der Waals surface area (Å²) in [5.41, 5.74) is 7.25. The van der Waals surface area contributed by atoms with Gasteiger partial charge in [0.05, 0.1) is 6.54 Å². The Labute approximate surface area is 103 Å². The average molecular weight is 244 g/mol. The maximum absolute atomic E-state index is 11.1. The monoisotopic (exact) mass is 244 g/mol. The Morgan fingerprint density at radius 2 is 2.33 bits per heavy atom. The van der Waals surface area contributed by atoms with Gasteiger partial charge in [-0.15, -0.1) is 11.7 Å². The van der Waals surface area contributed by atoms with Crippen molar-refractivity contribution < 1.29 is 9.90 Å². The maximum Gasteiger partial charge on any atom is 0.358 e. The Morgan fingerprint density at radius 1 is 1.56 bits per heavy atom. The van der Waals surface area contributed by atoms with Crippen molar-refractivity contribution in [1.29, 1.82) is 0 Å². The van der Waals surface area contributed by atoms with Gasteiger partial charge >= 0.3 is 5.97 Å². The lowest BCUT2D eigenvalue weighted by Crippen LogP contribution is -2.04. The van der Waals surface area contributed by atoms with Crippen LogP contribution in [0.1, 0.15) is 10.5 Å². The molecule has 0 fully saturated rings. The lowest BCUT2D eigenvalue weighted by atomic mass is 10.1. The van der Waals surface area contributed by atoms with Gasteiger partial charge in [-0.05, 0) is 12.1 Å². The highest BCUT2D eigenvalue weighted by molar-refractivity contribution is 5.92. The molecule has 3 N–H and O–H groups in total. The number of nitrogens with zero attached hydrogens (tertiary/aromatic N) is 3. The predicted molar refractivity (Wildman–Crippen MR) is 67.0 cm³/mol. The lowest BCUT2D eigenvalue weighted by Gasteiger charge is -2.05. The van der Waals surface area contributed by atoms with Crippen LogP contribution in [0.25, 0.3) is 11.3 Å². The number of carboxylic acid groups (broad SMARTS) is 1. The Morgan fingerprint density at radius 3 is 2.94 bits per heavy atom. The molecular weight excluding hydrogens is 232 g/mol. The molecule has 6 nitrogen and oxygen atoms in total. The number of rotatable bonds is 4. The van der Waals surface area contributed by atoms with Crippen LogP contribution in [0.5, 0.6) is 0 Å². The first-order valence-corrected chi connectivity index (χ1v) is 5.27. The average Bonchev–Trinajstić information content (AvgIpc) is 2.73. The van der Waals surface area contributed by atoms with Crippen molar-refractivity contribution in [3.63, 3.8) is 0 Å². The number of carboxylic acids is 1. The van der Waals surface area contributed by atoms with Crippen molar-refractivity contribution in [3.05, 3.63) is 42.6 Å². The lowest BCUT2D eigenvalue weighted by molar-refractivity contribution is 0.0691. The van der Waals surface area contributed by atoms with E-state index in [1.165, 1.54) is 4.68 Å². The number of aromatic carboxylic acids is 1. The third-order valence-corrected chi connectivity index (χ3v) is 2.40. The second kappa shape index (κ2) is 4.70. The van der Waals surface area contributed by atoms with E-state index in [1.54, 1.807) is 30.3 Å². The van der Waals surface area contributed by atoms with E-state index in [2.05, 4.69) is 16.9 Å². The van der Waals surface area contributed by atoms with Crippen molar-refractivity contribution >= 4 is 11.7 Å². The van der Waals surface area contributed by atoms with E-state index < -0.39 is 5.97 Å². The topological polar surface area (TPSA) is 94.0 Å². The standard InChI is InChI=1S/C12H12N4O2/c1-2-6-16-11(10(12(17)18)14-15-16)8-4-3-5-9(13)7-8/h2-5,7H,1,6,13H2,(H,17,18). The van der Waals surface area contributed by atoms with E-state index in [1.807, 2.05) is 0 Å². The summed E-state index contributed by atoms with van der Waals surface area (Å²) in [6, 6.07) is 6.93. The SMILES string of the molecule is C=CCn1nnc(C(=O)O)c1-c1cccc(N)c1. The number of anilines is 1. The Bertz CT molecular complexity index is 604. The van der Waals surface area contributed by atoms with E-state index in [9.17, 15) is 4.79 Å². The van der Waals surface area contributed by atoms with Crippen LogP contribution in [-0.4, -0.2) is 26.1 Å². The van der Waals surface area contributed by atoms with E-state index >= 15 is 0 Å². The number of nitrogens with two attached hydrogens (primary N) is 1. The molecule has 0 spiro atoms. The van der Waals surface area contributed by atoms with Crippen LogP contribution in [0.2, 0.25) is 0 Å². The summed E-state index contributed by atoms with van der Waals surface area (Å²) >= 11 is 0. The molecule has 0 aliphatic rings. The summed E-state index contributed by atoms with van der Waals surface area (Å²) in [7, 11) is 0. The zero-order chi connectivity index (χ0) is 13.1. The summed E-state index contributed by atoms with van der Waals surface area (Å²) in [5.74, 6) is -1.12. The van der Waals surface area contributed by atoms with Gasteiger partial charge in [0, 0.05) is 11.3 Å². The third kappa shape index (κ3) is 2.08. The van der Waals surface area contributed by atoms with Crippen LogP contribution in [0.15, 0.2) is 36.9 Å². The van der Waals surface area contributed by atoms with Crippen molar-refractivity contribution in [2.75, 3.05) is 5.73 Å². The number of allylic oxidation sites excluding steroid dienone is 1. The van der Waals surface area contributed by atoms with E-state index in [0.29, 0.717) is 23.5 Å². The van der Waals surface area contributed by atoms with E-state index in [-0.39, 0.29) is 5.69 Å². The van der Waals surface area contributed by atoms with Crippen LogP contribution < -0.4 is 5.73 Å².